The summed E-state index contributed by atoms with van der Waals surface area (Å²) in [4.78, 5) is 11.5. The van der Waals surface area contributed by atoms with Crippen molar-refractivity contribution in [3.63, 3.8) is 0 Å². The number of carbonyl (C=O) groups excluding carboxylic acids is 1. The van der Waals surface area contributed by atoms with E-state index in [1.807, 2.05) is 5.38 Å². The topological polar surface area (TPSA) is 55.1 Å². The second-order valence-corrected chi connectivity index (χ2v) is 5.22. The minimum Gasteiger partial charge on any atom is -0.355 e. The number of hydrogen-bond donors (Lipinski definition) is 2. The van der Waals surface area contributed by atoms with E-state index in [0.717, 1.165) is 6.42 Å². The third-order valence-electron chi connectivity index (χ3n) is 2.98. The minimum absolute atomic E-state index is 0. The van der Waals surface area contributed by atoms with E-state index in [9.17, 15) is 4.79 Å². The van der Waals surface area contributed by atoms with Gasteiger partial charge in [0.2, 0.25) is 5.91 Å². The Labute approximate surface area is 112 Å². The smallest absolute Gasteiger partial charge is 0.220 e. The molecule has 2 rings (SSSR count). The molecule has 0 aliphatic heterocycles. The average Bonchev–Trinajstić information content (AvgIpc) is 3.01. The van der Waals surface area contributed by atoms with E-state index in [4.69, 9.17) is 5.73 Å². The molecule has 0 radical (unpaired) electrons. The van der Waals surface area contributed by atoms with Gasteiger partial charge in [-0.2, -0.15) is 11.3 Å². The third kappa shape index (κ3) is 5.06. The first-order chi connectivity index (χ1) is 7.75. The number of thiophene rings is 1. The molecule has 0 spiro atoms. The van der Waals surface area contributed by atoms with Crippen LogP contribution in [0.15, 0.2) is 16.8 Å². The summed E-state index contributed by atoms with van der Waals surface area (Å²) < 4.78 is 0. The van der Waals surface area contributed by atoms with Gasteiger partial charge in [0.25, 0.3) is 0 Å². The van der Waals surface area contributed by atoms with Gasteiger partial charge in [0, 0.05) is 19.0 Å². The first-order valence-electron chi connectivity index (χ1n) is 5.79. The van der Waals surface area contributed by atoms with Crippen LogP contribution in [0.5, 0.6) is 0 Å². The van der Waals surface area contributed by atoms with E-state index < -0.39 is 0 Å². The number of carbonyl (C=O) groups is 1. The molecule has 0 saturated heterocycles. The van der Waals surface area contributed by atoms with Gasteiger partial charge in [0.15, 0.2) is 0 Å². The molecule has 1 fully saturated rings. The summed E-state index contributed by atoms with van der Waals surface area (Å²) in [5, 5.41) is 7.03. The van der Waals surface area contributed by atoms with Gasteiger partial charge in [-0.05, 0) is 47.6 Å². The lowest BCUT2D eigenvalue weighted by atomic mass is 10.1. The van der Waals surface area contributed by atoms with Crippen LogP contribution in [0, 0.1) is 5.92 Å². The second-order valence-electron chi connectivity index (χ2n) is 4.44. The Bertz CT molecular complexity index is 338. The first kappa shape index (κ1) is 14.5. The van der Waals surface area contributed by atoms with Crippen molar-refractivity contribution in [1.82, 2.24) is 5.32 Å². The highest BCUT2D eigenvalue weighted by atomic mass is 35.5. The van der Waals surface area contributed by atoms with E-state index in [1.54, 1.807) is 11.3 Å². The van der Waals surface area contributed by atoms with Crippen LogP contribution in [0.4, 0.5) is 0 Å². The average molecular weight is 275 g/mol. The van der Waals surface area contributed by atoms with E-state index in [0.29, 0.717) is 18.9 Å². The van der Waals surface area contributed by atoms with Crippen LogP contribution in [0.2, 0.25) is 0 Å². The third-order valence-corrected chi connectivity index (χ3v) is 3.72. The first-order valence-corrected chi connectivity index (χ1v) is 6.73. The summed E-state index contributed by atoms with van der Waals surface area (Å²) in [7, 11) is 0. The maximum absolute atomic E-state index is 11.5. The van der Waals surface area contributed by atoms with Crippen LogP contribution in [0.3, 0.4) is 0 Å². The zero-order valence-electron chi connectivity index (χ0n) is 9.72. The fourth-order valence-corrected chi connectivity index (χ4v) is 2.41. The molecular weight excluding hydrogens is 256 g/mol. The summed E-state index contributed by atoms with van der Waals surface area (Å²) in [6.07, 6.45) is 3.85. The molecule has 1 saturated carbocycles. The number of amides is 1. The standard InChI is InChI=1S/C12H18N2OS.ClH/c13-11(10-2-3-10)7-14-12(15)4-1-9-5-6-16-8-9;/h5-6,8,10-11H,1-4,7,13H2,(H,14,15);1H. The molecule has 96 valence electrons. The van der Waals surface area contributed by atoms with Crippen LogP contribution in [-0.4, -0.2) is 18.5 Å². The summed E-state index contributed by atoms with van der Waals surface area (Å²) in [6, 6.07) is 2.22. The zero-order valence-corrected chi connectivity index (χ0v) is 11.4. The molecule has 0 aromatic carbocycles. The van der Waals surface area contributed by atoms with Crippen molar-refractivity contribution in [3.8, 4) is 0 Å². The summed E-state index contributed by atoms with van der Waals surface area (Å²) in [5.74, 6) is 0.763. The van der Waals surface area contributed by atoms with Gasteiger partial charge in [-0.1, -0.05) is 0 Å². The Kier molecular flexibility index (Phi) is 5.95. The highest BCUT2D eigenvalue weighted by Gasteiger charge is 2.28. The van der Waals surface area contributed by atoms with Crippen molar-refractivity contribution < 1.29 is 4.79 Å². The summed E-state index contributed by atoms with van der Waals surface area (Å²) in [6.45, 7) is 0.632. The highest BCUT2D eigenvalue weighted by Crippen LogP contribution is 2.31. The zero-order chi connectivity index (χ0) is 11.4. The molecule has 1 aromatic rings. The van der Waals surface area contributed by atoms with Gasteiger partial charge in [-0.25, -0.2) is 0 Å². The maximum Gasteiger partial charge on any atom is 0.220 e. The van der Waals surface area contributed by atoms with Crippen molar-refractivity contribution in [2.24, 2.45) is 11.7 Å². The van der Waals surface area contributed by atoms with Crippen LogP contribution in [-0.2, 0) is 11.2 Å². The molecule has 1 unspecified atom stereocenters. The van der Waals surface area contributed by atoms with E-state index in [1.165, 1.54) is 18.4 Å². The van der Waals surface area contributed by atoms with E-state index >= 15 is 0 Å². The lowest BCUT2D eigenvalue weighted by molar-refractivity contribution is -0.121. The Morgan fingerprint density at radius 3 is 2.94 bits per heavy atom. The van der Waals surface area contributed by atoms with Gasteiger partial charge in [0.05, 0.1) is 0 Å². The highest BCUT2D eigenvalue weighted by molar-refractivity contribution is 7.07. The van der Waals surface area contributed by atoms with Crippen LogP contribution in [0.1, 0.15) is 24.8 Å². The lowest BCUT2D eigenvalue weighted by Gasteiger charge is -2.11. The molecule has 3 nitrogen and oxygen atoms in total. The predicted octanol–water partition coefficient (Wildman–Crippen LogP) is 1.96. The Balaban J connectivity index is 0.00000144. The van der Waals surface area contributed by atoms with Gasteiger partial charge in [-0.15, -0.1) is 12.4 Å². The number of halogens is 1. The van der Waals surface area contributed by atoms with Crippen LogP contribution < -0.4 is 11.1 Å². The Morgan fingerprint density at radius 2 is 2.35 bits per heavy atom. The molecular formula is C12H19ClN2OS. The fraction of sp³-hybridized carbons (Fsp3) is 0.583. The van der Waals surface area contributed by atoms with E-state index in [-0.39, 0.29) is 24.4 Å². The molecule has 17 heavy (non-hydrogen) atoms. The molecule has 1 aromatic heterocycles. The van der Waals surface area contributed by atoms with Gasteiger partial charge < -0.3 is 11.1 Å². The van der Waals surface area contributed by atoms with Gasteiger partial charge >= 0.3 is 0 Å². The summed E-state index contributed by atoms with van der Waals surface area (Å²) in [5.41, 5.74) is 7.15. The van der Waals surface area contributed by atoms with Gasteiger partial charge in [-0.3, -0.25) is 4.79 Å². The molecule has 0 bridgehead atoms. The second kappa shape index (κ2) is 6.99. The molecule has 1 aliphatic carbocycles. The molecule has 1 atom stereocenters. The maximum atomic E-state index is 11.5. The lowest BCUT2D eigenvalue weighted by Crippen LogP contribution is -2.38. The minimum atomic E-state index is 0. The fourth-order valence-electron chi connectivity index (χ4n) is 1.70. The molecule has 5 heteroatoms. The Morgan fingerprint density at radius 1 is 1.59 bits per heavy atom. The quantitative estimate of drug-likeness (QED) is 0.833. The van der Waals surface area contributed by atoms with Crippen molar-refractivity contribution in [2.45, 2.75) is 31.7 Å². The number of nitrogens with one attached hydrogen (secondary N) is 1. The SMILES string of the molecule is Cl.NC(CNC(=O)CCc1ccsc1)C1CC1. The number of hydrogen-bond acceptors (Lipinski definition) is 3. The largest absolute Gasteiger partial charge is 0.355 e. The number of rotatable bonds is 6. The van der Waals surface area contributed by atoms with Crippen molar-refractivity contribution in [1.29, 1.82) is 0 Å². The van der Waals surface area contributed by atoms with Crippen molar-refractivity contribution >= 4 is 29.7 Å². The van der Waals surface area contributed by atoms with Crippen LogP contribution in [0.25, 0.3) is 0 Å². The monoisotopic (exact) mass is 274 g/mol. The molecule has 1 amide bonds. The molecule has 3 N–H and O–H groups in total. The molecule has 1 heterocycles. The molecule has 1 aliphatic rings. The van der Waals surface area contributed by atoms with Crippen LogP contribution >= 0.6 is 23.7 Å². The van der Waals surface area contributed by atoms with Crippen molar-refractivity contribution in [2.75, 3.05) is 6.54 Å². The van der Waals surface area contributed by atoms with E-state index in [2.05, 4.69) is 16.8 Å². The number of nitrogens with two attached hydrogens (primary N) is 1. The number of aryl methyl sites for hydroxylation is 1. The summed E-state index contributed by atoms with van der Waals surface area (Å²) >= 11 is 1.67. The van der Waals surface area contributed by atoms with Gasteiger partial charge in [0.1, 0.15) is 0 Å². The predicted molar refractivity (Wildman–Crippen MR) is 73.6 cm³/mol. The van der Waals surface area contributed by atoms with Crippen molar-refractivity contribution in [3.05, 3.63) is 22.4 Å². The normalized spacial score (nSPS) is 16.1. The Hall–Kier alpha value is -0.580.